The van der Waals surface area contributed by atoms with Gasteiger partial charge in [0.15, 0.2) is 0 Å². The molecule has 0 saturated heterocycles. The van der Waals surface area contributed by atoms with Crippen LogP contribution in [0.15, 0.2) is 36.8 Å². The van der Waals surface area contributed by atoms with Gasteiger partial charge in [-0.3, -0.25) is 23.9 Å². The SMILES string of the molecule is Cc1cnn(CC(=O)N2CCc3c(c(CCNC(=O)c4ccccn4)nn3C)C2)c1. The van der Waals surface area contributed by atoms with E-state index in [1.807, 2.05) is 29.7 Å². The second kappa shape index (κ2) is 8.48. The van der Waals surface area contributed by atoms with E-state index in [1.54, 1.807) is 35.3 Å². The van der Waals surface area contributed by atoms with Crippen molar-refractivity contribution in [3.63, 3.8) is 0 Å². The summed E-state index contributed by atoms with van der Waals surface area (Å²) in [6, 6.07) is 5.24. The number of amides is 2. The Morgan fingerprint density at radius 3 is 2.87 bits per heavy atom. The third-order valence-electron chi connectivity index (χ3n) is 5.28. The molecule has 0 aromatic carbocycles. The Kier molecular flexibility index (Phi) is 5.60. The van der Waals surface area contributed by atoms with Crippen LogP contribution in [-0.4, -0.2) is 54.3 Å². The lowest BCUT2D eigenvalue weighted by Gasteiger charge is -2.27. The van der Waals surface area contributed by atoms with Crippen LogP contribution in [0.4, 0.5) is 0 Å². The third-order valence-corrected chi connectivity index (χ3v) is 5.28. The molecule has 4 rings (SSSR count). The first-order valence-corrected chi connectivity index (χ1v) is 10.0. The van der Waals surface area contributed by atoms with E-state index in [2.05, 4.69) is 20.5 Å². The Labute approximate surface area is 174 Å². The molecule has 9 heteroatoms. The Morgan fingerprint density at radius 1 is 1.27 bits per heavy atom. The van der Waals surface area contributed by atoms with Crippen LogP contribution in [0, 0.1) is 6.92 Å². The average molecular weight is 407 g/mol. The summed E-state index contributed by atoms with van der Waals surface area (Å²) in [6.07, 6.45) is 6.58. The Hall–Kier alpha value is -3.49. The molecule has 2 amide bonds. The molecule has 3 aromatic heterocycles. The minimum Gasteiger partial charge on any atom is -0.350 e. The van der Waals surface area contributed by atoms with Crippen LogP contribution in [0.3, 0.4) is 0 Å². The molecule has 1 N–H and O–H groups in total. The first-order chi connectivity index (χ1) is 14.5. The average Bonchev–Trinajstić information content (AvgIpc) is 3.30. The number of nitrogens with zero attached hydrogens (tertiary/aromatic N) is 6. The van der Waals surface area contributed by atoms with Crippen LogP contribution >= 0.6 is 0 Å². The van der Waals surface area contributed by atoms with Crippen LogP contribution in [0.5, 0.6) is 0 Å². The smallest absolute Gasteiger partial charge is 0.269 e. The van der Waals surface area contributed by atoms with Crippen LogP contribution in [0.25, 0.3) is 0 Å². The predicted octanol–water partition coefficient (Wildman–Crippen LogP) is 0.877. The summed E-state index contributed by atoms with van der Waals surface area (Å²) < 4.78 is 3.56. The predicted molar refractivity (Wildman–Crippen MR) is 110 cm³/mol. The summed E-state index contributed by atoms with van der Waals surface area (Å²) in [6.45, 7) is 3.85. The maximum atomic E-state index is 12.7. The number of fused-ring (bicyclic) bond motifs is 1. The van der Waals surface area contributed by atoms with Crippen molar-refractivity contribution in [2.24, 2.45) is 7.05 Å². The number of carbonyl (C=O) groups is 2. The van der Waals surface area contributed by atoms with E-state index >= 15 is 0 Å². The van der Waals surface area contributed by atoms with Gasteiger partial charge in [-0.25, -0.2) is 0 Å². The molecule has 9 nitrogen and oxygen atoms in total. The zero-order valence-corrected chi connectivity index (χ0v) is 17.2. The number of aromatic nitrogens is 5. The molecular weight excluding hydrogens is 382 g/mol. The molecule has 1 aliphatic heterocycles. The quantitative estimate of drug-likeness (QED) is 0.654. The number of aryl methyl sites for hydroxylation is 2. The third kappa shape index (κ3) is 4.24. The number of rotatable bonds is 6. The van der Waals surface area contributed by atoms with E-state index in [0.29, 0.717) is 31.7 Å². The fourth-order valence-corrected chi connectivity index (χ4v) is 3.76. The minimum atomic E-state index is -0.202. The van der Waals surface area contributed by atoms with Gasteiger partial charge in [0.1, 0.15) is 12.2 Å². The molecule has 1 aliphatic rings. The molecular formula is C21H25N7O2. The maximum absolute atomic E-state index is 12.7. The zero-order valence-electron chi connectivity index (χ0n) is 17.2. The van der Waals surface area contributed by atoms with Crippen molar-refractivity contribution in [1.29, 1.82) is 0 Å². The molecule has 0 radical (unpaired) electrons. The van der Waals surface area contributed by atoms with Gasteiger partial charge in [0, 0.05) is 63.2 Å². The maximum Gasteiger partial charge on any atom is 0.269 e. The lowest BCUT2D eigenvalue weighted by atomic mass is 10.0. The summed E-state index contributed by atoms with van der Waals surface area (Å²) in [5, 5.41) is 11.7. The lowest BCUT2D eigenvalue weighted by molar-refractivity contribution is -0.133. The van der Waals surface area contributed by atoms with Crippen molar-refractivity contribution in [3.8, 4) is 0 Å². The van der Waals surface area contributed by atoms with Gasteiger partial charge in [0.05, 0.1) is 11.9 Å². The summed E-state index contributed by atoms with van der Waals surface area (Å²) in [5.74, 6) is -0.159. The van der Waals surface area contributed by atoms with E-state index in [9.17, 15) is 9.59 Å². The Morgan fingerprint density at radius 2 is 2.13 bits per heavy atom. The van der Waals surface area contributed by atoms with Crippen molar-refractivity contribution in [2.75, 3.05) is 13.1 Å². The lowest BCUT2D eigenvalue weighted by Crippen LogP contribution is -2.38. The molecule has 0 spiro atoms. The molecule has 0 fully saturated rings. The number of carbonyl (C=O) groups excluding carboxylic acids is 2. The highest BCUT2D eigenvalue weighted by atomic mass is 16.2. The van der Waals surface area contributed by atoms with E-state index < -0.39 is 0 Å². The first-order valence-electron chi connectivity index (χ1n) is 10.0. The van der Waals surface area contributed by atoms with Crippen molar-refractivity contribution in [2.45, 2.75) is 32.9 Å². The van der Waals surface area contributed by atoms with Crippen molar-refractivity contribution in [1.82, 2.24) is 34.8 Å². The fourth-order valence-electron chi connectivity index (χ4n) is 3.76. The molecule has 0 saturated carbocycles. The van der Waals surface area contributed by atoms with Gasteiger partial charge in [-0.2, -0.15) is 10.2 Å². The highest BCUT2D eigenvalue weighted by molar-refractivity contribution is 5.92. The summed E-state index contributed by atoms with van der Waals surface area (Å²) >= 11 is 0. The number of hydrogen-bond donors (Lipinski definition) is 1. The van der Waals surface area contributed by atoms with Gasteiger partial charge in [0.2, 0.25) is 5.91 Å². The minimum absolute atomic E-state index is 0.0435. The summed E-state index contributed by atoms with van der Waals surface area (Å²) in [7, 11) is 1.93. The topological polar surface area (TPSA) is 97.9 Å². The van der Waals surface area contributed by atoms with E-state index in [4.69, 9.17) is 0 Å². The Balaban J connectivity index is 1.39. The molecule has 4 heterocycles. The van der Waals surface area contributed by atoms with Crippen LogP contribution in [0.2, 0.25) is 0 Å². The van der Waals surface area contributed by atoms with Crippen molar-refractivity contribution in [3.05, 3.63) is 65.0 Å². The van der Waals surface area contributed by atoms with Crippen molar-refractivity contribution < 1.29 is 9.59 Å². The zero-order chi connectivity index (χ0) is 21.1. The van der Waals surface area contributed by atoms with Gasteiger partial charge < -0.3 is 10.2 Å². The van der Waals surface area contributed by atoms with Gasteiger partial charge in [0.25, 0.3) is 5.91 Å². The van der Waals surface area contributed by atoms with Gasteiger partial charge >= 0.3 is 0 Å². The molecule has 0 atom stereocenters. The Bertz CT molecular complexity index is 1050. The second-order valence-electron chi connectivity index (χ2n) is 7.50. The number of pyridine rings is 1. The molecule has 156 valence electrons. The highest BCUT2D eigenvalue weighted by Crippen LogP contribution is 2.22. The van der Waals surface area contributed by atoms with Crippen LogP contribution in [-0.2, 0) is 37.8 Å². The summed E-state index contributed by atoms with van der Waals surface area (Å²) in [5.41, 5.74) is 4.58. The van der Waals surface area contributed by atoms with Crippen molar-refractivity contribution >= 4 is 11.8 Å². The van der Waals surface area contributed by atoms with E-state index in [0.717, 1.165) is 28.9 Å². The molecule has 30 heavy (non-hydrogen) atoms. The number of nitrogens with one attached hydrogen (secondary N) is 1. The highest BCUT2D eigenvalue weighted by Gasteiger charge is 2.26. The number of hydrogen-bond acceptors (Lipinski definition) is 5. The second-order valence-corrected chi connectivity index (χ2v) is 7.50. The van der Waals surface area contributed by atoms with Crippen LogP contribution in [0.1, 0.15) is 33.0 Å². The molecule has 0 aliphatic carbocycles. The van der Waals surface area contributed by atoms with Gasteiger partial charge in [-0.1, -0.05) is 6.07 Å². The van der Waals surface area contributed by atoms with Gasteiger partial charge in [-0.05, 0) is 24.6 Å². The van der Waals surface area contributed by atoms with E-state index in [-0.39, 0.29) is 18.4 Å². The van der Waals surface area contributed by atoms with E-state index in [1.165, 1.54) is 0 Å². The molecule has 3 aromatic rings. The largest absolute Gasteiger partial charge is 0.350 e. The summed E-state index contributed by atoms with van der Waals surface area (Å²) in [4.78, 5) is 30.8. The normalized spacial score (nSPS) is 13.2. The van der Waals surface area contributed by atoms with Crippen LogP contribution < -0.4 is 5.32 Å². The first kappa shape index (κ1) is 19.8. The molecule has 0 unspecified atom stereocenters. The molecule has 0 bridgehead atoms. The van der Waals surface area contributed by atoms with Gasteiger partial charge in [-0.15, -0.1) is 0 Å². The monoisotopic (exact) mass is 407 g/mol. The standard InChI is InChI=1S/C21H25N7O2/c1-15-11-24-28(12-15)14-20(29)27-10-7-19-16(13-27)17(25-26(19)2)6-9-23-21(30)18-5-3-4-8-22-18/h3-5,8,11-12H,6-7,9-10,13-14H2,1-2H3,(H,23,30). The fraction of sp³-hybridized carbons (Fsp3) is 0.381.